The van der Waals surface area contributed by atoms with Crippen molar-refractivity contribution in [2.45, 2.75) is 25.9 Å². The average Bonchev–Trinajstić information content (AvgIpc) is 2.67. The molecule has 5 nitrogen and oxygen atoms in total. The zero-order valence-corrected chi connectivity index (χ0v) is 19.1. The van der Waals surface area contributed by atoms with Crippen LogP contribution in [0.5, 0.6) is 11.5 Å². The van der Waals surface area contributed by atoms with Crippen molar-refractivity contribution in [1.82, 2.24) is 14.8 Å². The van der Waals surface area contributed by atoms with Gasteiger partial charge in [-0.3, -0.25) is 4.98 Å². The van der Waals surface area contributed by atoms with E-state index in [1.54, 1.807) is 0 Å². The first-order valence-corrected chi connectivity index (χ1v) is 9.68. The molecule has 29 heavy (non-hydrogen) atoms. The van der Waals surface area contributed by atoms with Crippen LogP contribution in [0.3, 0.4) is 0 Å². The van der Waals surface area contributed by atoms with Crippen LogP contribution in [-0.4, -0.2) is 68.3 Å². The minimum atomic E-state index is 0. The second kappa shape index (κ2) is 10.3. The number of ether oxygens (including phenoxy) is 2. The summed E-state index contributed by atoms with van der Waals surface area (Å²) in [5, 5.41) is 2.06. The summed E-state index contributed by atoms with van der Waals surface area (Å²) in [4.78, 5) is 9.09. The SMILES string of the molecule is CC(COc1c[c-]c2cc3ccc(OCC(C)N(C)C)cc3nc2c1)N(C)C.[Fe]. The van der Waals surface area contributed by atoms with Crippen molar-refractivity contribution in [1.29, 1.82) is 0 Å². The van der Waals surface area contributed by atoms with Gasteiger partial charge in [-0.25, -0.2) is 0 Å². The Bertz CT molecular complexity index is 873. The molecule has 2 aromatic carbocycles. The van der Waals surface area contributed by atoms with E-state index >= 15 is 0 Å². The molecule has 3 rings (SSSR count). The maximum atomic E-state index is 5.94. The minimum Gasteiger partial charge on any atom is -0.535 e. The molecule has 0 bridgehead atoms. The Balaban J connectivity index is 0.00000300. The Morgan fingerprint density at radius 2 is 1.45 bits per heavy atom. The van der Waals surface area contributed by atoms with Crippen molar-refractivity contribution >= 4 is 21.8 Å². The first kappa shape index (κ1) is 23.4. The molecule has 0 amide bonds. The van der Waals surface area contributed by atoms with Crippen molar-refractivity contribution in [2.75, 3.05) is 41.4 Å². The smallest absolute Gasteiger partial charge is 0.121 e. The first-order chi connectivity index (χ1) is 13.3. The molecule has 2 atom stereocenters. The van der Waals surface area contributed by atoms with Crippen LogP contribution in [0.1, 0.15) is 13.8 Å². The molecule has 0 N–H and O–H groups in total. The molecular weight excluding hydrogens is 406 g/mol. The van der Waals surface area contributed by atoms with E-state index in [1.807, 2.05) is 38.4 Å². The molecule has 0 aliphatic carbocycles. The molecule has 0 saturated carbocycles. The Morgan fingerprint density at radius 1 is 0.862 bits per heavy atom. The van der Waals surface area contributed by atoms with Gasteiger partial charge in [0.25, 0.3) is 0 Å². The number of nitrogens with zero attached hydrogens (tertiary/aromatic N) is 3. The van der Waals surface area contributed by atoms with Crippen LogP contribution in [0.2, 0.25) is 0 Å². The summed E-state index contributed by atoms with van der Waals surface area (Å²) in [6.07, 6.45) is 0. The third kappa shape index (κ3) is 6.06. The van der Waals surface area contributed by atoms with Crippen LogP contribution in [0.4, 0.5) is 0 Å². The molecule has 6 heteroatoms. The Labute approximate surface area is 184 Å². The van der Waals surface area contributed by atoms with E-state index in [2.05, 4.69) is 55.9 Å². The predicted molar refractivity (Wildman–Crippen MR) is 115 cm³/mol. The normalized spacial score (nSPS) is 13.5. The van der Waals surface area contributed by atoms with Crippen LogP contribution < -0.4 is 9.47 Å². The van der Waals surface area contributed by atoms with Crippen LogP contribution in [0.25, 0.3) is 21.8 Å². The van der Waals surface area contributed by atoms with Crippen LogP contribution in [0.15, 0.2) is 36.4 Å². The first-order valence-electron chi connectivity index (χ1n) is 9.68. The zero-order chi connectivity index (χ0) is 20.3. The molecule has 0 spiro atoms. The Hall–Kier alpha value is -1.85. The van der Waals surface area contributed by atoms with Crippen LogP contribution in [0, 0.1) is 6.07 Å². The summed E-state index contributed by atoms with van der Waals surface area (Å²) in [6, 6.07) is 16.0. The van der Waals surface area contributed by atoms with Crippen molar-refractivity contribution < 1.29 is 26.5 Å². The van der Waals surface area contributed by atoms with E-state index in [4.69, 9.17) is 14.5 Å². The van der Waals surface area contributed by atoms with Gasteiger partial charge in [0.1, 0.15) is 12.4 Å². The van der Waals surface area contributed by atoms with Crippen molar-refractivity contribution in [3.05, 3.63) is 42.5 Å². The maximum Gasteiger partial charge on any atom is 0.121 e. The van der Waals surface area contributed by atoms with E-state index in [-0.39, 0.29) is 17.1 Å². The standard InChI is InChI=1S/C23H30N3O2.Fe/c1-16(25(3)4)14-27-20-9-7-18-11-19-8-10-21(28-15-17(2)26(5)6)13-23(19)24-22(18)12-20;/h7,9-13,16-17H,14-15H2,1-6H3;/q-1;. The molecular formula is C23H30FeN3O2-. The van der Waals surface area contributed by atoms with E-state index in [9.17, 15) is 0 Å². The van der Waals surface area contributed by atoms with E-state index in [0.29, 0.717) is 25.3 Å². The molecule has 0 fully saturated rings. The zero-order valence-electron chi connectivity index (χ0n) is 18.0. The van der Waals surface area contributed by atoms with Gasteiger partial charge < -0.3 is 19.3 Å². The van der Waals surface area contributed by atoms with Crippen molar-refractivity contribution in [3.63, 3.8) is 0 Å². The summed E-state index contributed by atoms with van der Waals surface area (Å²) in [7, 11) is 8.20. The van der Waals surface area contributed by atoms with E-state index < -0.39 is 0 Å². The average molecular weight is 436 g/mol. The number of fused-ring (bicyclic) bond motifs is 2. The number of pyridine rings is 1. The fraction of sp³-hybridized carbons (Fsp3) is 0.435. The largest absolute Gasteiger partial charge is 0.535 e. The summed E-state index contributed by atoms with van der Waals surface area (Å²) in [6.45, 7) is 5.54. The number of benzene rings is 2. The fourth-order valence-corrected chi connectivity index (χ4v) is 2.62. The summed E-state index contributed by atoms with van der Waals surface area (Å²) in [5.74, 6) is 1.63. The fourth-order valence-electron chi connectivity index (χ4n) is 2.62. The van der Waals surface area contributed by atoms with Gasteiger partial charge in [-0.15, -0.1) is 23.6 Å². The summed E-state index contributed by atoms with van der Waals surface area (Å²) >= 11 is 0. The number of hydrogen-bond donors (Lipinski definition) is 0. The summed E-state index contributed by atoms with van der Waals surface area (Å²) in [5.41, 5.74) is 1.79. The molecule has 1 heterocycles. The van der Waals surface area contributed by atoms with Crippen molar-refractivity contribution in [2.24, 2.45) is 0 Å². The molecule has 3 aromatic rings. The quantitative estimate of drug-likeness (QED) is 0.305. The van der Waals surface area contributed by atoms with Crippen LogP contribution >= 0.6 is 0 Å². The van der Waals surface area contributed by atoms with Crippen LogP contribution in [-0.2, 0) is 17.1 Å². The van der Waals surface area contributed by atoms with Gasteiger partial charge in [0.15, 0.2) is 0 Å². The number of rotatable bonds is 8. The monoisotopic (exact) mass is 436 g/mol. The molecule has 0 aliphatic heterocycles. The van der Waals surface area contributed by atoms with Gasteiger partial charge in [-0.1, -0.05) is 12.1 Å². The van der Waals surface area contributed by atoms with Crippen molar-refractivity contribution in [3.8, 4) is 11.5 Å². The molecule has 158 valence electrons. The van der Waals surface area contributed by atoms with Gasteiger partial charge in [0.2, 0.25) is 0 Å². The summed E-state index contributed by atoms with van der Waals surface area (Å²) < 4.78 is 11.9. The number of hydrogen-bond acceptors (Lipinski definition) is 5. The molecule has 1 aromatic heterocycles. The Morgan fingerprint density at radius 3 is 2.07 bits per heavy atom. The van der Waals surface area contributed by atoms with Gasteiger partial charge in [-0.2, -0.15) is 0 Å². The Kier molecular flexibility index (Phi) is 8.29. The molecule has 0 aliphatic rings. The van der Waals surface area contributed by atoms with Gasteiger partial charge in [-0.05, 0) is 59.0 Å². The molecule has 2 unspecified atom stereocenters. The minimum absolute atomic E-state index is 0. The van der Waals surface area contributed by atoms with Gasteiger partial charge in [0.05, 0.1) is 12.1 Å². The third-order valence-corrected chi connectivity index (χ3v) is 5.21. The second-order valence-electron chi connectivity index (χ2n) is 7.86. The maximum absolute atomic E-state index is 5.94. The topological polar surface area (TPSA) is 37.8 Å². The predicted octanol–water partition coefficient (Wildman–Crippen LogP) is 3.84. The third-order valence-electron chi connectivity index (χ3n) is 5.21. The number of aromatic nitrogens is 1. The van der Waals surface area contributed by atoms with Gasteiger partial charge >= 0.3 is 0 Å². The molecule has 0 radical (unpaired) electrons. The van der Waals surface area contributed by atoms with E-state index in [1.165, 1.54) is 0 Å². The van der Waals surface area contributed by atoms with Gasteiger partial charge in [0, 0.05) is 41.0 Å². The second-order valence-corrected chi connectivity index (χ2v) is 7.86. The van der Waals surface area contributed by atoms with E-state index in [0.717, 1.165) is 33.3 Å². The molecule has 0 saturated heterocycles. The number of likely N-dealkylation sites (N-methyl/N-ethyl adjacent to an activating group) is 2.